The van der Waals surface area contributed by atoms with E-state index in [-0.39, 0.29) is 0 Å². The molecular weight excluding hydrogens is 234 g/mol. The highest BCUT2D eigenvalue weighted by molar-refractivity contribution is 5.18. The van der Waals surface area contributed by atoms with E-state index in [0.29, 0.717) is 22.9 Å². The topological polar surface area (TPSA) is 29.9 Å². The average molecular weight is 261 g/mol. The van der Waals surface area contributed by atoms with Crippen LogP contribution in [0.25, 0.3) is 0 Å². The Morgan fingerprint density at radius 1 is 1.21 bits per heavy atom. The maximum Gasteiger partial charge on any atom is 0.0762 e. The molecule has 3 nitrogen and oxygen atoms in total. The zero-order valence-electron chi connectivity index (χ0n) is 12.7. The fraction of sp³-hybridized carbons (Fsp3) is 0.812. The van der Waals surface area contributed by atoms with Crippen molar-refractivity contribution in [1.82, 2.24) is 15.1 Å². The van der Waals surface area contributed by atoms with Crippen LogP contribution in [0, 0.1) is 10.8 Å². The van der Waals surface area contributed by atoms with Crippen LogP contribution < -0.4 is 5.32 Å². The van der Waals surface area contributed by atoms with E-state index < -0.39 is 0 Å². The van der Waals surface area contributed by atoms with Crippen molar-refractivity contribution in [3.8, 4) is 0 Å². The van der Waals surface area contributed by atoms with Gasteiger partial charge in [-0.15, -0.1) is 0 Å². The summed E-state index contributed by atoms with van der Waals surface area (Å²) >= 11 is 0. The molecule has 0 saturated heterocycles. The van der Waals surface area contributed by atoms with Gasteiger partial charge < -0.3 is 5.32 Å². The zero-order valence-corrected chi connectivity index (χ0v) is 12.7. The van der Waals surface area contributed by atoms with Gasteiger partial charge in [-0.3, -0.25) is 4.68 Å². The van der Waals surface area contributed by atoms with Gasteiger partial charge in [0.05, 0.1) is 11.7 Å². The summed E-state index contributed by atoms with van der Waals surface area (Å²) in [7, 11) is 0. The average Bonchev–Trinajstić information content (AvgIpc) is 2.87. The lowest BCUT2D eigenvalue weighted by Gasteiger charge is -2.09. The molecule has 0 spiro atoms. The van der Waals surface area contributed by atoms with Gasteiger partial charge in [0.25, 0.3) is 0 Å². The Balaban J connectivity index is 1.57. The van der Waals surface area contributed by atoms with Gasteiger partial charge in [0.2, 0.25) is 0 Å². The monoisotopic (exact) mass is 261 g/mol. The van der Waals surface area contributed by atoms with Crippen LogP contribution in [0.2, 0.25) is 0 Å². The van der Waals surface area contributed by atoms with E-state index in [2.05, 4.69) is 50.0 Å². The molecule has 0 aromatic carbocycles. The van der Waals surface area contributed by atoms with Crippen molar-refractivity contribution in [2.45, 2.75) is 72.0 Å². The molecule has 1 aromatic heterocycles. The molecule has 2 saturated carbocycles. The lowest BCUT2D eigenvalue weighted by atomic mass is 10.0. The Bertz CT molecular complexity index is 438. The third-order valence-electron chi connectivity index (χ3n) is 5.87. The summed E-state index contributed by atoms with van der Waals surface area (Å²) in [5, 5.41) is 8.42. The number of nitrogens with zero attached hydrogens (tertiary/aromatic N) is 2. The first-order chi connectivity index (χ1) is 8.93. The van der Waals surface area contributed by atoms with E-state index in [1.54, 1.807) is 0 Å². The highest BCUT2D eigenvalue weighted by Gasteiger charge is 2.64. The first kappa shape index (κ1) is 13.2. The van der Waals surface area contributed by atoms with Crippen molar-refractivity contribution in [1.29, 1.82) is 0 Å². The highest BCUT2D eigenvalue weighted by atomic mass is 15.3. The fourth-order valence-electron chi connectivity index (χ4n) is 3.76. The van der Waals surface area contributed by atoms with Crippen LogP contribution in [0.4, 0.5) is 0 Å². The summed E-state index contributed by atoms with van der Waals surface area (Å²) < 4.78 is 2.19. The summed E-state index contributed by atoms with van der Waals surface area (Å²) in [5.41, 5.74) is 1.99. The molecule has 2 aliphatic rings. The Morgan fingerprint density at radius 2 is 1.84 bits per heavy atom. The maximum absolute atomic E-state index is 4.74. The Labute approximate surface area is 116 Å². The van der Waals surface area contributed by atoms with Gasteiger partial charge in [0.15, 0.2) is 0 Å². The Morgan fingerprint density at radius 3 is 2.42 bits per heavy atom. The summed E-state index contributed by atoms with van der Waals surface area (Å²) in [5.74, 6) is 0. The van der Waals surface area contributed by atoms with Crippen LogP contribution in [0.15, 0.2) is 12.3 Å². The highest BCUT2D eigenvalue weighted by Crippen LogP contribution is 2.62. The molecular formula is C16H27N3. The molecule has 0 radical (unpaired) electrons. The first-order valence-electron chi connectivity index (χ1n) is 7.70. The van der Waals surface area contributed by atoms with Crippen LogP contribution in [-0.4, -0.2) is 15.8 Å². The van der Waals surface area contributed by atoms with Gasteiger partial charge in [-0.2, -0.15) is 5.10 Å². The summed E-state index contributed by atoms with van der Waals surface area (Å²) in [6, 6.07) is 3.44. The SMILES string of the molecule is CC1(C)C(NCc2ccn(C3CCCC3)n2)C1(C)C. The number of hydrogen-bond donors (Lipinski definition) is 1. The molecule has 106 valence electrons. The van der Waals surface area contributed by atoms with Gasteiger partial charge in [-0.1, -0.05) is 40.5 Å². The molecule has 2 aliphatic carbocycles. The van der Waals surface area contributed by atoms with E-state index in [4.69, 9.17) is 5.10 Å². The largest absolute Gasteiger partial charge is 0.307 e. The first-order valence-corrected chi connectivity index (χ1v) is 7.70. The normalized spacial score (nSPS) is 25.9. The standard InChI is InChI=1S/C16H27N3/c1-15(2)14(16(15,3)4)17-11-12-9-10-19(18-12)13-7-5-6-8-13/h9-10,13-14,17H,5-8,11H2,1-4H3. The van der Waals surface area contributed by atoms with Crippen molar-refractivity contribution in [2.75, 3.05) is 0 Å². The molecule has 19 heavy (non-hydrogen) atoms. The molecule has 1 N–H and O–H groups in total. The van der Waals surface area contributed by atoms with E-state index in [0.717, 1.165) is 6.54 Å². The van der Waals surface area contributed by atoms with Crippen LogP contribution in [-0.2, 0) is 6.54 Å². The van der Waals surface area contributed by atoms with Gasteiger partial charge in [0.1, 0.15) is 0 Å². The molecule has 3 heteroatoms. The van der Waals surface area contributed by atoms with E-state index >= 15 is 0 Å². The second-order valence-electron chi connectivity index (χ2n) is 7.48. The summed E-state index contributed by atoms with van der Waals surface area (Å²) in [6.07, 6.45) is 7.50. The molecule has 3 rings (SSSR count). The van der Waals surface area contributed by atoms with Gasteiger partial charge in [-0.05, 0) is 29.7 Å². The molecule has 0 aliphatic heterocycles. The van der Waals surface area contributed by atoms with Crippen LogP contribution in [0.3, 0.4) is 0 Å². The molecule has 0 amide bonds. The van der Waals surface area contributed by atoms with Crippen LogP contribution >= 0.6 is 0 Å². The Hall–Kier alpha value is -0.830. The van der Waals surface area contributed by atoms with Crippen molar-refractivity contribution >= 4 is 0 Å². The predicted molar refractivity (Wildman–Crippen MR) is 77.9 cm³/mol. The third-order valence-corrected chi connectivity index (χ3v) is 5.87. The molecule has 1 heterocycles. The fourth-order valence-corrected chi connectivity index (χ4v) is 3.76. The molecule has 0 bridgehead atoms. The smallest absolute Gasteiger partial charge is 0.0762 e. The summed E-state index contributed by atoms with van der Waals surface area (Å²) in [6.45, 7) is 10.3. The lowest BCUT2D eigenvalue weighted by Crippen LogP contribution is -2.22. The number of aromatic nitrogens is 2. The number of rotatable bonds is 4. The van der Waals surface area contributed by atoms with Gasteiger partial charge in [-0.25, -0.2) is 0 Å². The van der Waals surface area contributed by atoms with E-state index in [1.807, 2.05) is 0 Å². The number of nitrogens with one attached hydrogen (secondary N) is 1. The van der Waals surface area contributed by atoms with Crippen LogP contribution in [0.5, 0.6) is 0 Å². The quantitative estimate of drug-likeness (QED) is 0.898. The van der Waals surface area contributed by atoms with Gasteiger partial charge >= 0.3 is 0 Å². The lowest BCUT2D eigenvalue weighted by molar-refractivity contribution is 0.457. The Kier molecular flexibility index (Phi) is 3.01. The van der Waals surface area contributed by atoms with E-state index in [9.17, 15) is 0 Å². The minimum Gasteiger partial charge on any atom is -0.307 e. The predicted octanol–water partition coefficient (Wildman–Crippen LogP) is 3.52. The molecule has 0 atom stereocenters. The molecule has 2 fully saturated rings. The zero-order chi connectivity index (χ0) is 13.7. The van der Waals surface area contributed by atoms with Crippen molar-refractivity contribution in [3.05, 3.63) is 18.0 Å². The second kappa shape index (κ2) is 4.34. The second-order valence-corrected chi connectivity index (χ2v) is 7.48. The minimum absolute atomic E-state index is 0.404. The summed E-state index contributed by atoms with van der Waals surface area (Å²) in [4.78, 5) is 0. The van der Waals surface area contributed by atoms with E-state index in [1.165, 1.54) is 31.4 Å². The van der Waals surface area contributed by atoms with Crippen molar-refractivity contribution < 1.29 is 0 Å². The maximum atomic E-state index is 4.74. The third kappa shape index (κ3) is 2.12. The molecule has 0 unspecified atom stereocenters. The van der Waals surface area contributed by atoms with Crippen LogP contribution in [0.1, 0.15) is 65.1 Å². The van der Waals surface area contributed by atoms with Crippen molar-refractivity contribution in [3.63, 3.8) is 0 Å². The minimum atomic E-state index is 0.404. The molecule has 1 aromatic rings. The van der Waals surface area contributed by atoms with Crippen molar-refractivity contribution in [2.24, 2.45) is 10.8 Å². The van der Waals surface area contributed by atoms with Gasteiger partial charge in [0, 0.05) is 18.8 Å². The number of hydrogen-bond acceptors (Lipinski definition) is 2.